The van der Waals surface area contributed by atoms with Crippen LogP contribution in [0.25, 0.3) is 0 Å². The Hall–Kier alpha value is -2.53. The van der Waals surface area contributed by atoms with E-state index in [1.54, 1.807) is 17.0 Å². The molecule has 1 aliphatic rings. The first kappa shape index (κ1) is 18.3. The number of para-hydroxylation sites is 1. The molecule has 0 bridgehead atoms. The zero-order valence-electron chi connectivity index (χ0n) is 15.2. The Kier molecular flexibility index (Phi) is 5.18. The highest BCUT2D eigenvalue weighted by Gasteiger charge is 2.52. The lowest BCUT2D eigenvalue weighted by atomic mass is 9.75. The second-order valence-corrected chi connectivity index (χ2v) is 6.63. The van der Waals surface area contributed by atoms with E-state index in [1.165, 1.54) is 13.2 Å². The lowest BCUT2D eigenvalue weighted by Crippen LogP contribution is -2.44. The number of unbranched alkanes of at least 4 members (excludes halogenated alkanes) is 2. The summed E-state index contributed by atoms with van der Waals surface area (Å²) in [7, 11) is 1.52. The molecule has 0 spiro atoms. The maximum Gasteiger partial charge on any atom is 0.244 e. The van der Waals surface area contributed by atoms with Crippen molar-refractivity contribution in [3.8, 4) is 11.5 Å². The molecule has 1 unspecified atom stereocenters. The highest BCUT2D eigenvalue weighted by molar-refractivity contribution is 6.11. The average Bonchev–Trinajstić information content (AvgIpc) is 2.91. The van der Waals surface area contributed by atoms with Crippen LogP contribution in [-0.2, 0) is 10.2 Å². The Balaban J connectivity index is 2.13. The number of rotatable bonds is 7. The molecule has 26 heavy (non-hydrogen) atoms. The number of aromatic hydroxyl groups is 1. The van der Waals surface area contributed by atoms with Crippen molar-refractivity contribution in [2.24, 2.45) is 0 Å². The number of nitrogens with zero attached hydrogens (tertiary/aromatic N) is 1. The number of carbonyl (C=O) groups excluding carboxylic acids is 1. The predicted octanol–water partition coefficient (Wildman–Crippen LogP) is 3.22. The van der Waals surface area contributed by atoms with Crippen molar-refractivity contribution in [3.05, 3.63) is 53.6 Å². The first-order valence-corrected chi connectivity index (χ1v) is 9.00. The zero-order chi connectivity index (χ0) is 18.7. The Morgan fingerprint density at radius 2 is 1.88 bits per heavy atom. The Labute approximate surface area is 153 Å². The number of phenols is 1. The number of ether oxygens (including phenoxy) is 1. The molecule has 0 radical (unpaired) electrons. The van der Waals surface area contributed by atoms with Gasteiger partial charge in [0.05, 0.1) is 13.7 Å². The van der Waals surface area contributed by atoms with E-state index in [-0.39, 0.29) is 11.7 Å². The summed E-state index contributed by atoms with van der Waals surface area (Å²) in [6.07, 6.45) is 2.99. The molecule has 5 heteroatoms. The number of hydrogen-bond acceptors (Lipinski definition) is 4. The van der Waals surface area contributed by atoms with Crippen LogP contribution in [0.4, 0.5) is 5.69 Å². The number of amides is 1. The molecule has 1 heterocycles. The van der Waals surface area contributed by atoms with E-state index in [9.17, 15) is 15.0 Å². The second kappa shape index (κ2) is 7.38. The summed E-state index contributed by atoms with van der Waals surface area (Å²) in [4.78, 5) is 15.2. The Bertz CT molecular complexity index is 804. The minimum Gasteiger partial charge on any atom is -0.507 e. The highest BCUT2D eigenvalue weighted by Crippen LogP contribution is 2.48. The summed E-state index contributed by atoms with van der Waals surface area (Å²) < 4.78 is 5.14. The molecule has 138 valence electrons. The zero-order valence-corrected chi connectivity index (χ0v) is 15.2. The maximum atomic E-state index is 13.4. The average molecular weight is 355 g/mol. The van der Waals surface area contributed by atoms with Crippen LogP contribution in [0, 0.1) is 0 Å². The molecule has 0 fully saturated rings. The lowest BCUT2D eigenvalue weighted by molar-refractivity contribution is -0.123. The number of aliphatic hydroxyl groups is 1. The van der Waals surface area contributed by atoms with Crippen molar-refractivity contribution in [3.63, 3.8) is 0 Å². The number of aliphatic hydroxyl groups excluding tert-OH is 1. The van der Waals surface area contributed by atoms with Crippen LogP contribution in [0.2, 0.25) is 0 Å². The number of phenolic OH excluding ortho intramolecular Hbond substituents is 1. The predicted molar refractivity (Wildman–Crippen MR) is 101 cm³/mol. The molecule has 0 aliphatic carbocycles. The summed E-state index contributed by atoms with van der Waals surface area (Å²) in [5.41, 5.74) is 0.637. The second-order valence-electron chi connectivity index (χ2n) is 6.63. The SMILES string of the molecule is CCCCCN1C(=O)C(CO)(c2ccc(OC)cc2O)c2ccccc21. The number of hydrogen-bond donors (Lipinski definition) is 2. The van der Waals surface area contributed by atoms with Crippen LogP contribution in [0.5, 0.6) is 11.5 Å². The van der Waals surface area contributed by atoms with E-state index in [4.69, 9.17) is 4.74 Å². The normalized spacial score (nSPS) is 18.9. The van der Waals surface area contributed by atoms with Crippen molar-refractivity contribution < 1.29 is 19.7 Å². The molecular weight excluding hydrogens is 330 g/mol. The monoisotopic (exact) mass is 355 g/mol. The molecule has 5 nitrogen and oxygen atoms in total. The Morgan fingerprint density at radius 3 is 2.54 bits per heavy atom. The summed E-state index contributed by atoms with van der Waals surface area (Å²) in [6, 6.07) is 12.3. The van der Waals surface area contributed by atoms with Crippen LogP contribution < -0.4 is 9.64 Å². The van der Waals surface area contributed by atoms with Gasteiger partial charge in [-0.15, -0.1) is 0 Å². The van der Waals surface area contributed by atoms with Crippen LogP contribution in [0.3, 0.4) is 0 Å². The molecule has 2 aromatic carbocycles. The Morgan fingerprint density at radius 1 is 1.12 bits per heavy atom. The highest BCUT2D eigenvalue weighted by atomic mass is 16.5. The summed E-state index contributed by atoms with van der Waals surface area (Å²) >= 11 is 0. The van der Waals surface area contributed by atoms with E-state index < -0.39 is 12.0 Å². The van der Waals surface area contributed by atoms with Gasteiger partial charge in [0.2, 0.25) is 5.91 Å². The van der Waals surface area contributed by atoms with Crippen molar-refractivity contribution in [2.75, 3.05) is 25.2 Å². The lowest BCUT2D eigenvalue weighted by Gasteiger charge is -2.28. The molecule has 0 saturated carbocycles. The summed E-state index contributed by atoms with van der Waals surface area (Å²) in [5.74, 6) is 0.243. The van der Waals surface area contributed by atoms with Gasteiger partial charge in [0, 0.05) is 23.9 Å². The van der Waals surface area contributed by atoms with Crippen LogP contribution >= 0.6 is 0 Å². The van der Waals surface area contributed by atoms with Crippen molar-refractivity contribution in [2.45, 2.75) is 31.6 Å². The van der Waals surface area contributed by atoms with Crippen LogP contribution in [-0.4, -0.2) is 36.4 Å². The fourth-order valence-electron chi connectivity index (χ4n) is 3.76. The minimum atomic E-state index is -1.29. The van der Waals surface area contributed by atoms with Crippen molar-refractivity contribution >= 4 is 11.6 Å². The van der Waals surface area contributed by atoms with Gasteiger partial charge in [-0.25, -0.2) is 0 Å². The van der Waals surface area contributed by atoms with E-state index in [1.807, 2.05) is 24.3 Å². The van der Waals surface area contributed by atoms with E-state index in [0.717, 1.165) is 30.5 Å². The third-order valence-electron chi connectivity index (χ3n) is 5.15. The quantitative estimate of drug-likeness (QED) is 0.748. The van der Waals surface area contributed by atoms with Gasteiger partial charge in [-0.05, 0) is 24.1 Å². The van der Waals surface area contributed by atoms with Crippen LogP contribution in [0.1, 0.15) is 37.3 Å². The standard InChI is InChI=1S/C21H25NO4/c1-3-4-7-12-22-18-9-6-5-8-16(18)21(14-23,20(22)25)17-11-10-15(26-2)13-19(17)24/h5-6,8-11,13,23-24H,3-4,7,12,14H2,1-2H3. The molecule has 1 amide bonds. The smallest absolute Gasteiger partial charge is 0.244 e. The molecule has 2 aromatic rings. The van der Waals surface area contributed by atoms with Gasteiger partial charge >= 0.3 is 0 Å². The molecule has 3 rings (SSSR count). The van der Waals surface area contributed by atoms with Gasteiger partial charge in [0.15, 0.2) is 0 Å². The van der Waals surface area contributed by atoms with E-state index >= 15 is 0 Å². The van der Waals surface area contributed by atoms with Gasteiger partial charge in [-0.3, -0.25) is 4.79 Å². The number of methoxy groups -OCH3 is 1. The van der Waals surface area contributed by atoms with Gasteiger partial charge in [-0.1, -0.05) is 44.0 Å². The first-order chi connectivity index (χ1) is 12.6. The van der Waals surface area contributed by atoms with Gasteiger partial charge in [-0.2, -0.15) is 0 Å². The molecule has 2 N–H and O–H groups in total. The summed E-state index contributed by atoms with van der Waals surface area (Å²) in [6.45, 7) is 2.31. The van der Waals surface area contributed by atoms with Gasteiger partial charge < -0.3 is 19.8 Å². The molecule has 0 saturated heterocycles. The third kappa shape index (κ3) is 2.72. The van der Waals surface area contributed by atoms with Crippen LogP contribution in [0.15, 0.2) is 42.5 Å². The fourth-order valence-corrected chi connectivity index (χ4v) is 3.76. The minimum absolute atomic E-state index is 0.0584. The van der Waals surface area contributed by atoms with Crippen molar-refractivity contribution in [1.29, 1.82) is 0 Å². The summed E-state index contributed by atoms with van der Waals surface area (Å²) in [5, 5.41) is 20.9. The fraction of sp³-hybridized carbons (Fsp3) is 0.381. The van der Waals surface area contributed by atoms with E-state index in [0.29, 0.717) is 17.9 Å². The molecular formula is C21H25NO4. The topological polar surface area (TPSA) is 70.0 Å². The molecule has 0 aromatic heterocycles. The van der Waals surface area contributed by atoms with Gasteiger partial charge in [0.1, 0.15) is 16.9 Å². The maximum absolute atomic E-state index is 13.4. The number of benzene rings is 2. The van der Waals surface area contributed by atoms with E-state index in [2.05, 4.69) is 6.92 Å². The van der Waals surface area contributed by atoms with Gasteiger partial charge in [0.25, 0.3) is 0 Å². The molecule has 1 aliphatic heterocycles. The largest absolute Gasteiger partial charge is 0.507 e. The van der Waals surface area contributed by atoms with Crippen molar-refractivity contribution in [1.82, 2.24) is 0 Å². The first-order valence-electron chi connectivity index (χ1n) is 9.00. The number of fused-ring (bicyclic) bond motifs is 1. The number of anilines is 1. The third-order valence-corrected chi connectivity index (χ3v) is 5.15. The molecule has 1 atom stereocenters. The number of carbonyl (C=O) groups is 1.